The van der Waals surface area contributed by atoms with Crippen molar-refractivity contribution >= 4 is 10.8 Å². The van der Waals surface area contributed by atoms with Gasteiger partial charge in [0.2, 0.25) is 0 Å². The fourth-order valence-electron chi connectivity index (χ4n) is 8.56. The molecule has 0 atom stereocenters. The van der Waals surface area contributed by atoms with Crippen LogP contribution in [0.5, 0.6) is 0 Å². The van der Waals surface area contributed by atoms with Crippen molar-refractivity contribution in [3.8, 4) is 78.4 Å². The van der Waals surface area contributed by atoms with Gasteiger partial charge >= 0.3 is 0 Å². The van der Waals surface area contributed by atoms with Crippen molar-refractivity contribution in [1.82, 2.24) is 9.97 Å². The number of fused-ring (bicyclic) bond motifs is 5. The molecule has 0 fully saturated rings. The molecule has 1 heterocycles. The maximum absolute atomic E-state index is 5.32. The molecule has 1 aromatic heterocycles. The van der Waals surface area contributed by atoms with Crippen molar-refractivity contribution in [2.75, 3.05) is 0 Å². The van der Waals surface area contributed by atoms with Gasteiger partial charge in [-0.2, -0.15) is 0 Å². The molecule has 10 rings (SSSR count). The zero-order valence-corrected chi connectivity index (χ0v) is 30.9. The van der Waals surface area contributed by atoms with Crippen LogP contribution in [0.3, 0.4) is 0 Å². The fourth-order valence-corrected chi connectivity index (χ4v) is 8.56. The lowest BCUT2D eigenvalue weighted by Crippen LogP contribution is -2.15. The van der Waals surface area contributed by atoms with E-state index >= 15 is 0 Å². The van der Waals surface area contributed by atoms with Crippen molar-refractivity contribution in [3.63, 3.8) is 0 Å². The Hall–Kier alpha value is -6.90. The van der Waals surface area contributed by atoms with Crippen LogP contribution in [-0.4, -0.2) is 9.97 Å². The summed E-state index contributed by atoms with van der Waals surface area (Å²) in [5.74, 6) is 0.697. The van der Waals surface area contributed by atoms with Crippen LogP contribution in [0.2, 0.25) is 0 Å². The summed E-state index contributed by atoms with van der Waals surface area (Å²) in [6.07, 6.45) is 0. The Bertz CT molecular complexity index is 2790. The first-order valence-electron chi connectivity index (χ1n) is 19.0. The van der Waals surface area contributed by atoms with Gasteiger partial charge in [-0.15, -0.1) is 0 Å². The van der Waals surface area contributed by atoms with Gasteiger partial charge in [-0.05, 0) is 96.7 Å². The Morgan fingerprint density at radius 3 is 1.53 bits per heavy atom. The highest BCUT2D eigenvalue weighted by Crippen LogP contribution is 2.55. The average molecular weight is 703 g/mol. The highest BCUT2D eigenvalue weighted by Gasteiger charge is 2.38. The SMILES string of the molecule is CC1(C)c2ccccc2-c2c(-c3cccc(-c4cc(-c5cccc(-c6ccccc6)c5)nc(-c5cccc(-c6ccccc6)c5)n4)c3)cc3ccccc3c21. The number of hydrogen-bond acceptors (Lipinski definition) is 2. The lowest BCUT2D eigenvalue weighted by atomic mass is 9.79. The molecule has 55 heavy (non-hydrogen) atoms. The molecule has 0 unspecified atom stereocenters. The van der Waals surface area contributed by atoms with Gasteiger partial charge < -0.3 is 0 Å². The van der Waals surface area contributed by atoms with Crippen molar-refractivity contribution in [2.24, 2.45) is 0 Å². The normalized spacial score (nSPS) is 12.7. The van der Waals surface area contributed by atoms with Crippen LogP contribution in [0.1, 0.15) is 25.0 Å². The molecule has 0 radical (unpaired) electrons. The maximum Gasteiger partial charge on any atom is 0.160 e. The number of aromatic nitrogens is 2. The molecule has 1 aliphatic rings. The molecule has 2 heteroatoms. The van der Waals surface area contributed by atoms with Crippen molar-refractivity contribution < 1.29 is 0 Å². The van der Waals surface area contributed by atoms with Crippen LogP contribution >= 0.6 is 0 Å². The third kappa shape index (κ3) is 5.75. The first-order valence-corrected chi connectivity index (χ1v) is 19.0. The van der Waals surface area contributed by atoms with Gasteiger partial charge in [0, 0.05) is 22.1 Å². The Balaban J connectivity index is 1.16. The molecule has 8 aromatic carbocycles. The molecule has 0 saturated carbocycles. The molecule has 2 nitrogen and oxygen atoms in total. The van der Waals surface area contributed by atoms with Crippen molar-refractivity contribution in [3.05, 3.63) is 205 Å². The first-order chi connectivity index (χ1) is 27.0. The van der Waals surface area contributed by atoms with Gasteiger partial charge in [-0.1, -0.05) is 178 Å². The third-order valence-corrected chi connectivity index (χ3v) is 11.2. The van der Waals surface area contributed by atoms with E-state index in [1.54, 1.807) is 0 Å². The van der Waals surface area contributed by atoms with Gasteiger partial charge in [0.25, 0.3) is 0 Å². The van der Waals surface area contributed by atoms with E-state index in [1.165, 1.54) is 49.7 Å². The summed E-state index contributed by atoms with van der Waals surface area (Å²) >= 11 is 0. The summed E-state index contributed by atoms with van der Waals surface area (Å²) in [6.45, 7) is 4.74. The maximum atomic E-state index is 5.32. The predicted octanol–water partition coefficient (Wildman–Crippen LogP) is 13.9. The second-order valence-corrected chi connectivity index (χ2v) is 15.0. The van der Waals surface area contributed by atoms with E-state index in [4.69, 9.17) is 9.97 Å². The molecular weight excluding hydrogens is 665 g/mol. The zero-order chi connectivity index (χ0) is 36.9. The second kappa shape index (κ2) is 13.2. The first kappa shape index (κ1) is 32.7. The van der Waals surface area contributed by atoms with Crippen LogP contribution < -0.4 is 0 Å². The van der Waals surface area contributed by atoms with Gasteiger partial charge in [-0.25, -0.2) is 9.97 Å². The van der Waals surface area contributed by atoms with E-state index in [9.17, 15) is 0 Å². The van der Waals surface area contributed by atoms with Gasteiger partial charge in [0.05, 0.1) is 11.4 Å². The lowest BCUT2D eigenvalue weighted by molar-refractivity contribution is 0.666. The van der Waals surface area contributed by atoms with Crippen LogP contribution in [0.4, 0.5) is 0 Å². The summed E-state index contributed by atoms with van der Waals surface area (Å²) in [7, 11) is 0. The Labute approximate surface area is 322 Å². The molecular formula is C53H38N2. The lowest BCUT2D eigenvalue weighted by Gasteiger charge is -2.24. The highest BCUT2D eigenvalue weighted by atomic mass is 14.9. The molecule has 0 saturated heterocycles. The van der Waals surface area contributed by atoms with Gasteiger partial charge in [-0.3, -0.25) is 0 Å². The Morgan fingerprint density at radius 2 is 0.855 bits per heavy atom. The van der Waals surface area contributed by atoms with Crippen LogP contribution in [-0.2, 0) is 5.41 Å². The second-order valence-electron chi connectivity index (χ2n) is 15.0. The molecule has 0 amide bonds. The number of rotatable bonds is 6. The minimum Gasteiger partial charge on any atom is -0.228 e. The summed E-state index contributed by atoms with van der Waals surface area (Å²) in [5.41, 5.74) is 17.2. The standard InChI is InChI=1S/C53H38N2/c1-53(2)47-29-12-11-28-45(47)50-46(33-40-20-9-10-27-44(40)51(50)53)39-23-15-25-42(32-39)49-34-48(41-24-13-21-37(30-41)35-16-5-3-6-17-35)54-52(55-49)43-26-14-22-38(31-43)36-18-7-4-8-19-36/h3-34H,1-2H3. The van der Waals surface area contributed by atoms with Crippen LogP contribution in [0, 0.1) is 0 Å². The molecule has 0 aliphatic heterocycles. The monoisotopic (exact) mass is 702 g/mol. The average Bonchev–Trinajstić information content (AvgIpc) is 3.50. The molecule has 0 N–H and O–H groups in total. The number of hydrogen-bond donors (Lipinski definition) is 0. The molecule has 260 valence electrons. The summed E-state index contributed by atoms with van der Waals surface area (Å²) in [5, 5.41) is 2.57. The largest absolute Gasteiger partial charge is 0.228 e. The number of benzene rings is 8. The van der Waals surface area contributed by atoms with Crippen molar-refractivity contribution in [1.29, 1.82) is 0 Å². The van der Waals surface area contributed by atoms with E-state index < -0.39 is 0 Å². The Kier molecular flexibility index (Phi) is 7.85. The minimum atomic E-state index is -0.127. The minimum absolute atomic E-state index is 0.127. The van der Waals surface area contributed by atoms with E-state index in [0.717, 1.165) is 44.8 Å². The van der Waals surface area contributed by atoms with E-state index in [-0.39, 0.29) is 5.41 Å². The van der Waals surface area contributed by atoms with Gasteiger partial charge in [0.15, 0.2) is 5.82 Å². The van der Waals surface area contributed by atoms with E-state index in [2.05, 4.69) is 208 Å². The van der Waals surface area contributed by atoms with Crippen LogP contribution in [0.25, 0.3) is 89.2 Å². The summed E-state index contributed by atoms with van der Waals surface area (Å²) < 4.78 is 0. The predicted molar refractivity (Wildman–Crippen MR) is 230 cm³/mol. The summed E-state index contributed by atoms with van der Waals surface area (Å²) in [6, 6.07) is 69.5. The topological polar surface area (TPSA) is 25.8 Å². The molecule has 0 spiro atoms. The molecule has 0 bridgehead atoms. The quantitative estimate of drug-likeness (QED) is 0.172. The van der Waals surface area contributed by atoms with Gasteiger partial charge in [0.1, 0.15) is 0 Å². The smallest absolute Gasteiger partial charge is 0.160 e. The number of nitrogens with zero attached hydrogens (tertiary/aromatic N) is 2. The third-order valence-electron chi connectivity index (χ3n) is 11.2. The zero-order valence-electron chi connectivity index (χ0n) is 30.9. The molecule has 1 aliphatic carbocycles. The fraction of sp³-hybridized carbons (Fsp3) is 0.0566. The van der Waals surface area contributed by atoms with Crippen molar-refractivity contribution in [2.45, 2.75) is 19.3 Å². The van der Waals surface area contributed by atoms with E-state index in [0.29, 0.717) is 5.82 Å². The van der Waals surface area contributed by atoms with E-state index in [1.807, 2.05) is 0 Å². The molecule has 9 aromatic rings. The van der Waals surface area contributed by atoms with Crippen LogP contribution in [0.15, 0.2) is 194 Å². The Morgan fingerprint density at radius 1 is 0.364 bits per heavy atom. The highest BCUT2D eigenvalue weighted by molar-refractivity contribution is 6.05. The summed E-state index contributed by atoms with van der Waals surface area (Å²) in [4.78, 5) is 10.6.